The molecule has 0 spiro atoms. The lowest BCUT2D eigenvalue weighted by Crippen LogP contribution is -2.36. The fraction of sp³-hybridized carbons (Fsp3) is 0.235. The van der Waals surface area contributed by atoms with Gasteiger partial charge in [0.2, 0.25) is 5.88 Å². The first-order valence-corrected chi connectivity index (χ1v) is 14.4. The Morgan fingerprint density at radius 2 is 1.76 bits per heavy atom. The summed E-state index contributed by atoms with van der Waals surface area (Å²) < 4.78 is 73.6. The third kappa shape index (κ3) is 6.41. The normalized spacial score (nSPS) is 14.2. The summed E-state index contributed by atoms with van der Waals surface area (Å²) in [6, 6.07) is 16.6. The van der Waals surface area contributed by atoms with Crippen LogP contribution in [-0.4, -0.2) is 44.5 Å². The van der Waals surface area contributed by atoms with Crippen molar-refractivity contribution in [3.63, 3.8) is 0 Å². The number of aromatic carboxylic acids is 1. The molecular weight excluding hydrogens is 604 g/mol. The fourth-order valence-electron chi connectivity index (χ4n) is 5.42. The van der Waals surface area contributed by atoms with E-state index in [2.05, 4.69) is 9.97 Å². The van der Waals surface area contributed by atoms with Gasteiger partial charge in [0.25, 0.3) is 0 Å². The van der Waals surface area contributed by atoms with Crippen molar-refractivity contribution < 1.29 is 36.9 Å². The molecule has 1 aliphatic heterocycles. The SMILES string of the molecule is N#Cc1ccc(COc2cccc(-c3cc(F)c(Cc4nc5ccc(C(=O)O)cc5n4CC4(F)CCOCC4)cc3F)n2)c(F)c1. The zero-order chi connectivity index (χ0) is 32.4. The largest absolute Gasteiger partial charge is 0.478 e. The zero-order valence-electron chi connectivity index (χ0n) is 24.3. The molecule has 0 atom stereocenters. The number of nitrogens with zero attached hydrogens (tertiary/aromatic N) is 4. The van der Waals surface area contributed by atoms with E-state index in [1.54, 1.807) is 0 Å². The Morgan fingerprint density at radius 3 is 2.50 bits per heavy atom. The summed E-state index contributed by atoms with van der Waals surface area (Å²) in [6.07, 6.45) is 0.0562. The summed E-state index contributed by atoms with van der Waals surface area (Å²) in [4.78, 5) is 20.4. The molecule has 3 aromatic carbocycles. The van der Waals surface area contributed by atoms with Crippen molar-refractivity contribution in [2.45, 2.75) is 38.1 Å². The highest BCUT2D eigenvalue weighted by molar-refractivity contribution is 5.92. The first-order valence-electron chi connectivity index (χ1n) is 14.4. The van der Waals surface area contributed by atoms with E-state index in [4.69, 9.17) is 14.7 Å². The minimum Gasteiger partial charge on any atom is -0.478 e. The van der Waals surface area contributed by atoms with Gasteiger partial charge in [-0.25, -0.2) is 32.3 Å². The molecule has 234 valence electrons. The highest BCUT2D eigenvalue weighted by Gasteiger charge is 2.34. The molecule has 8 nitrogen and oxygen atoms in total. The average molecular weight is 631 g/mol. The van der Waals surface area contributed by atoms with Gasteiger partial charge in [-0.3, -0.25) is 0 Å². The van der Waals surface area contributed by atoms with Gasteiger partial charge in [0.15, 0.2) is 0 Å². The van der Waals surface area contributed by atoms with Crippen LogP contribution in [0, 0.1) is 28.8 Å². The van der Waals surface area contributed by atoms with Crippen LogP contribution in [0.2, 0.25) is 0 Å². The maximum Gasteiger partial charge on any atom is 0.335 e. The lowest BCUT2D eigenvalue weighted by atomic mass is 9.96. The smallest absolute Gasteiger partial charge is 0.335 e. The number of carbonyl (C=O) groups is 1. The maximum atomic E-state index is 15.8. The van der Waals surface area contributed by atoms with Crippen LogP contribution in [0.3, 0.4) is 0 Å². The summed E-state index contributed by atoms with van der Waals surface area (Å²) in [5.41, 5.74) is -0.645. The number of imidazole rings is 1. The van der Waals surface area contributed by atoms with Crippen molar-refractivity contribution in [1.29, 1.82) is 5.26 Å². The molecule has 0 saturated carbocycles. The number of carboxylic acids is 1. The second-order valence-corrected chi connectivity index (χ2v) is 11.1. The second-order valence-electron chi connectivity index (χ2n) is 11.1. The van der Waals surface area contributed by atoms with Crippen molar-refractivity contribution in [2.75, 3.05) is 13.2 Å². The number of rotatable bonds is 9. The van der Waals surface area contributed by atoms with Crippen LogP contribution in [-0.2, 0) is 24.3 Å². The Balaban J connectivity index is 1.28. The van der Waals surface area contributed by atoms with Crippen molar-refractivity contribution in [1.82, 2.24) is 14.5 Å². The van der Waals surface area contributed by atoms with Gasteiger partial charge >= 0.3 is 5.97 Å². The summed E-state index contributed by atoms with van der Waals surface area (Å²) in [7, 11) is 0. The number of ether oxygens (including phenoxy) is 2. The molecule has 2 aromatic heterocycles. The van der Waals surface area contributed by atoms with E-state index in [1.807, 2.05) is 6.07 Å². The third-order valence-corrected chi connectivity index (χ3v) is 7.95. The van der Waals surface area contributed by atoms with Gasteiger partial charge in [-0.05, 0) is 54.1 Å². The second kappa shape index (κ2) is 12.6. The molecule has 0 unspecified atom stereocenters. The van der Waals surface area contributed by atoms with Crippen LogP contribution in [0.15, 0.2) is 66.7 Å². The summed E-state index contributed by atoms with van der Waals surface area (Å²) in [5.74, 6) is -3.02. The summed E-state index contributed by atoms with van der Waals surface area (Å²) in [5, 5.41) is 18.4. The zero-order valence-corrected chi connectivity index (χ0v) is 24.3. The molecule has 1 aliphatic rings. The summed E-state index contributed by atoms with van der Waals surface area (Å²) >= 11 is 0. The third-order valence-electron chi connectivity index (χ3n) is 7.95. The van der Waals surface area contributed by atoms with Crippen LogP contribution in [0.5, 0.6) is 5.88 Å². The molecule has 6 rings (SSSR count). The monoisotopic (exact) mass is 630 g/mol. The van der Waals surface area contributed by atoms with Crippen LogP contribution in [0.4, 0.5) is 17.6 Å². The number of hydrogen-bond donors (Lipinski definition) is 1. The van der Waals surface area contributed by atoms with Crippen LogP contribution < -0.4 is 4.74 Å². The molecule has 0 aliphatic carbocycles. The molecule has 5 aromatic rings. The Kier molecular flexibility index (Phi) is 8.42. The van der Waals surface area contributed by atoms with Gasteiger partial charge in [0, 0.05) is 49.7 Å². The van der Waals surface area contributed by atoms with E-state index in [-0.39, 0.29) is 90.8 Å². The van der Waals surface area contributed by atoms with Gasteiger partial charge in [0.1, 0.15) is 35.6 Å². The molecule has 3 heterocycles. The van der Waals surface area contributed by atoms with Crippen molar-refractivity contribution in [3.05, 3.63) is 112 Å². The van der Waals surface area contributed by atoms with Crippen molar-refractivity contribution in [3.8, 4) is 23.2 Å². The van der Waals surface area contributed by atoms with E-state index in [1.165, 1.54) is 53.1 Å². The highest BCUT2D eigenvalue weighted by Crippen LogP contribution is 2.32. The molecule has 0 radical (unpaired) electrons. The number of pyridine rings is 1. The van der Waals surface area contributed by atoms with Gasteiger partial charge in [-0.2, -0.15) is 5.26 Å². The average Bonchev–Trinajstić information content (AvgIpc) is 3.37. The summed E-state index contributed by atoms with van der Waals surface area (Å²) in [6.45, 7) is 0.0991. The van der Waals surface area contributed by atoms with Crippen LogP contribution in [0.1, 0.15) is 45.7 Å². The van der Waals surface area contributed by atoms with E-state index >= 15 is 13.2 Å². The fourth-order valence-corrected chi connectivity index (χ4v) is 5.42. The number of hydrogen-bond acceptors (Lipinski definition) is 6. The number of halogens is 4. The van der Waals surface area contributed by atoms with Crippen molar-refractivity contribution >= 4 is 17.0 Å². The molecule has 1 N–H and O–H groups in total. The quantitative estimate of drug-likeness (QED) is 0.179. The number of aromatic nitrogens is 3. The predicted octanol–water partition coefficient (Wildman–Crippen LogP) is 6.77. The minimum atomic E-state index is -1.65. The first kappa shape index (κ1) is 30.7. The Bertz CT molecular complexity index is 2000. The number of benzene rings is 3. The Morgan fingerprint density at radius 1 is 0.978 bits per heavy atom. The first-order chi connectivity index (χ1) is 22.1. The van der Waals surface area contributed by atoms with Gasteiger partial charge in [-0.15, -0.1) is 0 Å². The molecule has 0 amide bonds. The topological polar surface area (TPSA) is 110 Å². The van der Waals surface area contributed by atoms with Gasteiger partial charge < -0.3 is 19.1 Å². The number of nitriles is 1. The molecule has 46 heavy (non-hydrogen) atoms. The Labute approximate surface area is 260 Å². The number of fused-ring (bicyclic) bond motifs is 1. The maximum absolute atomic E-state index is 15.8. The van der Waals surface area contributed by atoms with Crippen molar-refractivity contribution in [2.24, 2.45) is 0 Å². The standard InChI is InChI=1S/C34H26F4N4O4/c35-25-12-20(17-39)4-5-22(25)18-46-32-3-1-2-28(41-32)24-16-26(36)23(13-27(24)37)15-31-40-29-7-6-21(33(43)44)14-30(29)42(31)19-34(38)8-10-45-11-9-34/h1-7,12-14,16H,8-11,15,18-19H2,(H,43,44). The lowest BCUT2D eigenvalue weighted by molar-refractivity contribution is -0.0175. The Hall–Kier alpha value is -5.28. The van der Waals surface area contributed by atoms with E-state index < -0.39 is 29.1 Å². The number of alkyl halides is 1. The van der Waals surface area contributed by atoms with E-state index in [0.29, 0.717) is 11.0 Å². The molecule has 12 heteroatoms. The van der Waals surface area contributed by atoms with Crippen LogP contribution in [0.25, 0.3) is 22.3 Å². The molecule has 0 bridgehead atoms. The number of carboxylic acid groups (broad SMARTS) is 1. The highest BCUT2D eigenvalue weighted by atomic mass is 19.1. The van der Waals surface area contributed by atoms with Crippen LogP contribution >= 0.6 is 0 Å². The lowest BCUT2D eigenvalue weighted by Gasteiger charge is -2.30. The minimum absolute atomic E-state index is 0.0117. The van der Waals surface area contributed by atoms with E-state index in [0.717, 1.165) is 18.2 Å². The molecular formula is C34H26F4N4O4. The predicted molar refractivity (Wildman–Crippen MR) is 158 cm³/mol. The van der Waals surface area contributed by atoms with Gasteiger partial charge in [-0.1, -0.05) is 12.1 Å². The molecule has 1 fully saturated rings. The molecule has 1 saturated heterocycles. The van der Waals surface area contributed by atoms with Gasteiger partial charge in [0.05, 0.1) is 40.5 Å². The van der Waals surface area contributed by atoms with E-state index in [9.17, 15) is 14.3 Å².